The van der Waals surface area contributed by atoms with E-state index in [1.54, 1.807) is 31.0 Å². The van der Waals surface area contributed by atoms with Gasteiger partial charge in [-0.25, -0.2) is 14.6 Å². The van der Waals surface area contributed by atoms with E-state index in [2.05, 4.69) is 20.0 Å². The second-order valence-corrected chi connectivity index (χ2v) is 7.67. The Morgan fingerprint density at radius 3 is 2.66 bits per heavy atom. The number of ether oxygens (including phenoxy) is 1. The third-order valence-electron chi connectivity index (χ3n) is 4.85. The topological polar surface area (TPSA) is 86.3 Å². The minimum atomic E-state index is -0.172. The minimum Gasteiger partial charge on any atom is -0.490 e. The predicted octanol–water partition coefficient (Wildman–Crippen LogP) is 3.34. The van der Waals surface area contributed by atoms with Crippen LogP contribution < -0.4 is 10.3 Å². The first-order valence-corrected chi connectivity index (χ1v) is 10.4. The van der Waals surface area contributed by atoms with Crippen LogP contribution in [0.4, 0.5) is 0 Å². The van der Waals surface area contributed by atoms with Gasteiger partial charge in [0, 0.05) is 23.7 Å². The van der Waals surface area contributed by atoms with Crippen molar-refractivity contribution in [1.82, 2.24) is 24.6 Å². The van der Waals surface area contributed by atoms with Gasteiger partial charge in [-0.1, -0.05) is 18.2 Å². The van der Waals surface area contributed by atoms with Crippen LogP contribution in [0.2, 0.25) is 0 Å². The zero-order valence-corrected chi connectivity index (χ0v) is 18.1. The molecule has 0 aliphatic rings. The smallest absolute Gasteiger partial charge is 0.267 e. The molecule has 8 heteroatoms. The van der Waals surface area contributed by atoms with Gasteiger partial charge in [0.05, 0.1) is 43.8 Å². The molecule has 3 aromatic heterocycles. The van der Waals surface area contributed by atoms with Gasteiger partial charge >= 0.3 is 0 Å². The Labute approximate surface area is 186 Å². The maximum absolute atomic E-state index is 12.3. The highest BCUT2D eigenvalue weighted by molar-refractivity contribution is 5.57. The highest BCUT2D eigenvalue weighted by Crippen LogP contribution is 2.19. The van der Waals surface area contributed by atoms with Gasteiger partial charge in [-0.2, -0.15) is 5.10 Å². The van der Waals surface area contributed by atoms with E-state index in [4.69, 9.17) is 9.15 Å². The van der Waals surface area contributed by atoms with Crippen LogP contribution in [0.5, 0.6) is 5.75 Å². The highest BCUT2D eigenvalue weighted by Gasteiger charge is 2.08. The van der Waals surface area contributed by atoms with Crippen LogP contribution >= 0.6 is 0 Å². The second-order valence-electron chi connectivity index (χ2n) is 7.67. The lowest BCUT2D eigenvalue weighted by Crippen LogP contribution is -2.22. The number of rotatable bonds is 9. The molecule has 4 aromatic rings. The van der Waals surface area contributed by atoms with Crippen LogP contribution in [0.1, 0.15) is 12.0 Å². The summed E-state index contributed by atoms with van der Waals surface area (Å²) < 4.78 is 12.3. The number of hydrogen-bond donors (Lipinski definition) is 0. The molecule has 8 nitrogen and oxygen atoms in total. The molecule has 0 spiro atoms. The first-order valence-electron chi connectivity index (χ1n) is 10.4. The number of aromatic nitrogens is 4. The lowest BCUT2D eigenvalue weighted by molar-refractivity contribution is 0.280. The molecule has 0 amide bonds. The fraction of sp³-hybridized carbons (Fsp3) is 0.250. The summed E-state index contributed by atoms with van der Waals surface area (Å²) in [5.41, 5.74) is 3.12. The van der Waals surface area contributed by atoms with Crippen molar-refractivity contribution in [3.8, 4) is 28.4 Å². The van der Waals surface area contributed by atoms with Crippen LogP contribution in [-0.2, 0) is 6.54 Å². The number of furan rings is 1. The number of hydrogen-bond acceptors (Lipinski definition) is 7. The zero-order valence-electron chi connectivity index (χ0n) is 18.1. The Balaban J connectivity index is 1.46. The van der Waals surface area contributed by atoms with E-state index < -0.39 is 0 Å². The van der Waals surface area contributed by atoms with Crippen molar-refractivity contribution < 1.29 is 9.15 Å². The van der Waals surface area contributed by atoms with E-state index in [9.17, 15) is 4.79 Å². The van der Waals surface area contributed by atoms with Gasteiger partial charge in [-0.3, -0.25) is 4.79 Å². The molecule has 0 fully saturated rings. The van der Waals surface area contributed by atoms with Crippen LogP contribution in [0.3, 0.4) is 0 Å². The Bertz CT molecular complexity index is 1200. The number of nitrogens with zero attached hydrogens (tertiary/aromatic N) is 5. The molecule has 4 rings (SSSR count). The molecule has 0 unspecified atom stereocenters. The molecule has 0 atom stereocenters. The van der Waals surface area contributed by atoms with E-state index >= 15 is 0 Å². The van der Waals surface area contributed by atoms with Gasteiger partial charge < -0.3 is 14.1 Å². The molecule has 0 saturated heterocycles. The Hall–Kier alpha value is -3.78. The maximum atomic E-state index is 12.3. The van der Waals surface area contributed by atoms with Crippen LogP contribution in [-0.4, -0.2) is 51.9 Å². The van der Waals surface area contributed by atoms with Crippen molar-refractivity contribution in [2.24, 2.45) is 0 Å². The van der Waals surface area contributed by atoms with Crippen molar-refractivity contribution in [2.75, 3.05) is 27.2 Å². The van der Waals surface area contributed by atoms with Crippen molar-refractivity contribution in [2.45, 2.75) is 13.0 Å². The minimum absolute atomic E-state index is 0.172. The molecule has 0 aliphatic heterocycles. The SMILES string of the molecule is CN(C)CCCOc1cnc(-c2cccc(Cn3nc(-c4ccoc4)ccc3=O)c2)nc1. The standard InChI is InChI=1S/C24H25N5O3/c1-28(2)10-4-11-32-21-14-25-24(26-15-21)19-6-3-5-18(13-19)16-29-23(30)8-7-22(27-29)20-9-12-31-17-20/h3,5-9,12-15,17H,4,10-11,16H2,1-2H3. The normalized spacial score (nSPS) is 11.1. The summed E-state index contributed by atoms with van der Waals surface area (Å²) >= 11 is 0. The predicted molar refractivity (Wildman–Crippen MR) is 121 cm³/mol. The molecule has 0 aliphatic carbocycles. The average molecular weight is 431 g/mol. The molecule has 164 valence electrons. The molecule has 1 aromatic carbocycles. The summed E-state index contributed by atoms with van der Waals surface area (Å²) in [4.78, 5) is 23.3. The number of benzene rings is 1. The Kier molecular flexibility index (Phi) is 6.72. The van der Waals surface area contributed by atoms with Crippen LogP contribution in [0.15, 0.2) is 76.6 Å². The summed E-state index contributed by atoms with van der Waals surface area (Å²) in [5, 5.41) is 4.46. The van der Waals surface area contributed by atoms with E-state index in [1.807, 2.05) is 44.4 Å². The molecule has 0 saturated carbocycles. The summed E-state index contributed by atoms with van der Waals surface area (Å²) in [6, 6.07) is 12.8. The van der Waals surface area contributed by atoms with Crippen LogP contribution in [0.25, 0.3) is 22.6 Å². The molecular weight excluding hydrogens is 406 g/mol. The van der Waals surface area contributed by atoms with Gasteiger partial charge in [0.15, 0.2) is 11.6 Å². The quantitative estimate of drug-likeness (QED) is 0.376. The van der Waals surface area contributed by atoms with Gasteiger partial charge in [0.2, 0.25) is 0 Å². The molecular formula is C24H25N5O3. The molecule has 3 heterocycles. The van der Waals surface area contributed by atoms with Gasteiger partial charge in [-0.05, 0) is 44.3 Å². The maximum Gasteiger partial charge on any atom is 0.267 e. The average Bonchev–Trinajstić information content (AvgIpc) is 3.34. The fourth-order valence-corrected chi connectivity index (χ4v) is 3.22. The lowest BCUT2D eigenvalue weighted by atomic mass is 10.1. The highest BCUT2D eigenvalue weighted by atomic mass is 16.5. The third kappa shape index (κ3) is 5.47. The monoisotopic (exact) mass is 431 g/mol. The van der Waals surface area contributed by atoms with Gasteiger partial charge in [-0.15, -0.1) is 0 Å². The van der Waals surface area contributed by atoms with Crippen molar-refractivity contribution in [1.29, 1.82) is 0 Å². The van der Waals surface area contributed by atoms with Gasteiger partial charge in [0.1, 0.15) is 0 Å². The zero-order chi connectivity index (χ0) is 22.3. The fourth-order valence-electron chi connectivity index (χ4n) is 3.22. The summed E-state index contributed by atoms with van der Waals surface area (Å²) in [5.74, 6) is 1.25. The van der Waals surface area contributed by atoms with E-state index in [0.717, 1.165) is 29.7 Å². The van der Waals surface area contributed by atoms with Crippen molar-refractivity contribution >= 4 is 0 Å². The van der Waals surface area contributed by atoms with Gasteiger partial charge in [0.25, 0.3) is 5.56 Å². The van der Waals surface area contributed by atoms with Crippen molar-refractivity contribution in [3.05, 3.63) is 83.3 Å². The Morgan fingerprint density at radius 2 is 1.91 bits per heavy atom. The summed E-state index contributed by atoms with van der Waals surface area (Å²) in [7, 11) is 4.07. The Morgan fingerprint density at radius 1 is 1.06 bits per heavy atom. The van der Waals surface area contributed by atoms with E-state index in [0.29, 0.717) is 30.4 Å². The van der Waals surface area contributed by atoms with E-state index in [-0.39, 0.29) is 5.56 Å². The summed E-state index contributed by atoms with van der Waals surface area (Å²) in [6.45, 7) is 1.93. The molecule has 0 radical (unpaired) electrons. The first-order chi connectivity index (χ1) is 15.6. The van der Waals surface area contributed by atoms with Crippen molar-refractivity contribution in [3.63, 3.8) is 0 Å². The molecule has 0 bridgehead atoms. The molecule has 0 N–H and O–H groups in total. The second kappa shape index (κ2) is 10.0. The molecule has 32 heavy (non-hydrogen) atoms. The third-order valence-corrected chi connectivity index (χ3v) is 4.85. The largest absolute Gasteiger partial charge is 0.490 e. The first kappa shape index (κ1) is 21.5. The van der Waals surface area contributed by atoms with Crippen LogP contribution in [0, 0.1) is 0 Å². The van der Waals surface area contributed by atoms with E-state index in [1.165, 1.54) is 10.7 Å². The summed E-state index contributed by atoms with van der Waals surface area (Å²) in [6.07, 6.45) is 7.49. The lowest BCUT2D eigenvalue weighted by Gasteiger charge is -2.10.